The number of hydrogen-bond acceptors (Lipinski definition) is 12. The summed E-state index contributed by atoms with van der Waals surface area (Å²) in [6, 6.07) is 0. The molecule has 0 fully saturated rings. The summed E-state index contributed by atoms with van der Waals surface area (Å²) < 4.78 is 59.1. The summed E-state index contributed by atoms with van der Waals surface area (Å²) in [5.41, 5.74) is 0. The Hall–Kier alpha value is -9.45. The van der Waals surface area contributed by atoms with Crippen molar-refractivity contribution in [3.05, 3.63) is 0 Å². The molecule has 0 amide bonds. The highest BCUT2D eigenvalue weighted by Gasteiger charge is 1.98. The van der Waals surface area contributed by atoms with Gasteiger partial charge in [0.25, 0.3) is 0 Å². The third-order valence-electron chi connectivity index (χ3n) is 6.19. The van der Waals surface area contributed by atoms with E-state index in [0.717, 1.165) is 0 Å². The first-order valence-corrected chi connectivity index (χ1v) is 21.2. The Kier molecular flexibility index (Phi) is 51.7. The van der Waals surface area contributed by atoms with E-state index in [1.807, 2.05) is 0 Å². The van der Waals surface area contributed by atoms with Crippen LogP contribution < -0.4 is 0 Å². The van der Waals surface area contributed by atoms with Crippen molar-refractivity contribution in [2.45, 2.75) is 6.92 Å². The Morgan fingerprint density at radius 2 is 0.500 bits per heavy atom. The molecule has 0 aliphatic carbocycles. The zero-order valence-electron chi connectivity index (χ0n) is 39.6. The van der Waals surface area contributed by atoms with Crippen LogP contribution in [0.5, 0.6) is 0 Å². The molecule has 0 radical (unpaired) electrons. The molecule has 0 aliphatic heterocycles. The van der Waals surface area contributed by atoms with Gasteiger partial charge in [-0.1, -0.05) is 5.92 Å². The molecular weight excluding hydrogens is 913 g/mol. The molecule has 12 heteroatoms. The number of ether oxygens (including phenoxy) is 11. The van der Waals surface area contributed by atoms with Crippen LogP contribution in [0.15, 0.2) is 0 Å². The van der Waals surface area contributed by atoms with Crippen LogP contribution in [0.2, 0.25) is 0 Å². The standard InChI is InChI=1S/C60H44O12/c1-3-5-7-9-11-13-15-17-19-21-22-23-24-26-28-30-32-34-36-38-60(61)72-59-58-71-57-56-70-55-54-69-53-52-68-51-50-67-49-48-66-47-46-65-45-44-64-43-42-63-41-40-62-39-37-35-33-31-29-27-25-20-18-16-14-12-10-8-6-4-2/h2H,40-59H2,1H3. The van der Waals surface area contributed by atoms with E-state index in [2.05, 4.69) is 219 Å². The Bertz CT molecular complexity index is 2930. The van der Waals surface area contributed by atoms with Gasteiger partial charge in [-0.25, -0.2) is 4.79 Å². The lowest BCUT2D eigenvalue weighted by atomic mass is 10.4. The van der Waals surface area contributed by atoms with E-state index in [4.69, 9.17) is 58.5 Å². The third-order valence-corrected chi connectivity index (χ3v) is 6.19. The molecule has 0 aromatic carbocycles. The fourth-order valence-corrected chi connectivity index (χ4v) is 3.39. The van der Waals surface area contributed by atoms with Gasteiger partial charge in [0, 0.05) is 65.1 Å². The van der Waals surface area contributed by atoms with Crippen molar-refractivity contribution < 1.29 is 56.9 Å². The summed E-state index contributed by atoms with van der Waals surface area (Å²) in [7, 11) is 0. The topological polar surface area (TPSA) is 119 Å². The lowest BCUT2D eigenvalue weighted by molar-refractivity contribution is -0.138. The molecule has 0 heterocycles. The van der Waals surface area contributed by atoms with Crippen molar-refractivity contribution in [3.63, 3.8) is 0 Å². The molecular formula is C60H44O12. The smallest absolute Gasteiger partial charge is 0.385 e. The Balaban J connectivity index is 3.52. The van der Waals surface area contributed by atoms with Gasteiger partial charge in [-0.3, -0.25) is 0 Å². The Labute approximate surface area is 426 Å². The summed E-state index contributed by atoms with van der Waals surface area (Å²) in [6.07, 6.45) is 7.40. The number of carbonyl (C=O) groups is 1. The Morgan fingerprint density at radius 3 is 0.778 bits per heavy atom. The summed E-state index contributed by atoms with van der Waals surface area (Å²) in [4.78, 5) is 11.6. The molecule has 0 unspecified atom stereocenters. The van der Waals surface area contributed by atoms with Crippen molar-refractivity contribution >= 4 is 5.97 Å². The number of hydrogen-bond donors (Lipinski definition) is 0. The molecule has 0 rings (SSSR count). The van der Waals surface area contributed by atoms with Crippen LogP contribution in [0.4, 0.5) is 0 Å². The van der Waals surface area contributed by atoms with E-state index in [1.54, 1.807) is 6.92 Å². The minimum atomic E-state index is -0.734. The van der Waals surface area contributed by atoms with Crippen LogP contribution in [-0.4, -0.2) is 138 Å². The predicted molar refractivity (Wildman–Crippen MR) is 269 cm³/mol. The summed E-state index contributed by atoms with van der Waals surface area (Å²) in [5, 5.41) is 0. The van der Waals surface area contributed by atoms with Crippen LogP contribution in [0.25, 0.3) is 0 Å². The molecule has 0 saturated heterocycles. The van der Waals surface area contributed by atoms with Gasteiger partial charge in [0.15, 0.2) is 0 Å². The average molecular weight is 957 g/mol. The Morgan fingerprint density at radius 1 is 0.278 bits per heavy atom. The number of carbonyl (C=O) groups excluding carboxylic acids is 1. The zero-order chi connectivity index (χ0) is 51.7. The quantitative estimate of drug-likeness (QED) is 0.0429. The van der Waals surface area contributed by atoms with Gasteiger partial charge in [0.05, 0.1) is 119 Å². The fourth-order valence-electron chi connectivity index (χ4n) is 3.39. The summed E-state index contributed by atoms with van der Waals surface area (Å²) in [6.45, 7) is 9.36. The average Bonchev–Trinajstić information content (AvgIpc) is 3.39. The van der Waals surface area contributed by atoms with Crippen molar-refractivity contribution in [2.75, 3.05) is 132 Å². The van der Waals surface area contributed by atoms with Gasteiger partial charge >= 0.3 is 5.97 Å². The number of esters is 1. The number of terminal acetylenes is 1. The summed E-state index contributed by atoms with van der Waals surface area (Å²) >= 11 is 0. The molecule has 0 bridgehead atoms. The van der Waals surface area contributed by atoms with Crippen molar-refractivity contribution in [1.82, 2.24) is 0 Å². The van der Waals surface area contributed by atoms with Crippen LogP contribution in [0.3, 0.4) is 0 Å². The molecule has 72 heavy (non-hydrogen) atoms. The van der Waals surface area contributed by atoms with E-state index in [9.17, 15) is 4.79 Å². The van der Waals surface area contributed by atoms with Crippen LogP contribution in [0.1, 0.15) is 6.92 Å². The van der Waals surface area contributed by atoms with Crippen LogP contribution in [0, 0.1) is 226 Å². The van der Waals surface area contributed by atoms with Crippen LogP contribution >= 0.6 is 0 Å². The van der Waals surface area contributed by atoms with Gasteiger partial charge in [-0.2, -0.15) is 0 Å². The van der Waals surface area contributed by atoms with Crippen molar-refractivity contribution in [3.8, 4) is 226 Å². The van der Waals surface area contributed by atoms with Gasteiger partial charge in [-0.05, 0) is 149 Å². The molecule has 0 atom stereocenters. The number of rotatable bonds is 30. The van der Waals surface area contributed by atoms with E-state index in [0.29, 0.717) is 112 Å². The van der Waals surface area contributed by atoms with Crippen molar-refractivity contribution in [1.29, 1.82) is 0 Å². The molecule has 0 aliphatic rings. The highest BCUT2D eigenvalue weighted by atomic mass is 16.6. The van der Waals surface area contributed by atoms with Gasteiger partial charge in [0.1, 0.15) is 19.3 Å². The molecule has 356 valence electrons. The van der Waals surface area contributed by atoms with E-state index < -0.39 is 5.97 Å². The second-order valence-corrected chi connectivity index (χ2v) is 11.2. The normalized spacial score (nSPS) is 7.44. The maximum absolute atomic E-state index is 11.6. The predicted octanol–water partition coefficient (Wildman–Crippen LogP) is 0.367. The molecule has 0 saturated carbocycles. The third kappa shape index (κ3) is 58.6. The highest BCUT2D eigenvalue weighted by Crippen LogP contribution is 1.87. The lowest BCUT2D eigenvalue weighted by Crippen LogP contribution is -2.15. The first kappa shape index (κ1) is 62.5. The highest BCUT2D eigenvalue weighted by molar-refractivity contribution is 5.89. The lowest BCUT2D eigenvalue weighted by Gasteiger charge is -2.09. The van der Waals surface area contributed by atoms with Gasteiger partial charge in [-0.15, -0.1) is 6.42 Å². The summed E-state index contributed by atoms with van der Waals surface area (Å²) in [5.74, 6) is 88.2. The van der Waals surface area contributed by atoms with Crippen LogP contribution in [-0.2, 0) is 56.9 Å². The largest absolute Gasteiger partial charge is 0.454 e. The van der Waals surface area contributed by atoms with Gasteiger partial charge in [0.2, 0.25) is 0 Å². The van der Waals surface area contributed by atoms with E-state index in [1.165, 1.54) is 0 Å². The van der Waals surface area contributed by atoms with Crippen molar-refractivity contribution in [2.24, 2.45) is 0 Å². The first-order valence-electron chi connectivity index (χ1n) is 21.2. The molecule has 12 nitrogen and oxygen atoms in total. The molecule has 0 N–H and O–H groups in total. The first-order chi connectivity index (χ1) is 35.8. The minimum absolute atomic E-state index is 0.0384. The molecule has 0 aromatic rings. The maximum atomic E-state index is 11.6. The second-order valence-electron chi connectivity index (χ2n) is 11.2. The van der Waals surface area contributed by atoms with Gasteiger partial charge < -0.3 is 52.1 Å². The SMILES string of the molecule is C#CC#CC#CC#CC#CC#CC#CC#CC#COCCOCCOCCOCCOCCOCCOCCOCCOCCOCCOC(=O)C#CC#CC#CC#CC#CC#CC#CC#CC#CC#CC. The van der Waals surface area contributed by atoms with E-state index in [-0.39, 0.29) is 19.8 Å². The minimum Gasteiger partial charge on any atom is -0.454 e. The zero-order valence-corrected chi connectivity index (χ0v) is 39.6. The van der Waals surface area contributed by atoms with E-state index >= 15 is 0 Å². The molecule has 0 spiro atoms. The maximum Gasteiger partial charge on any atom is 0.385 e. The fraction of sp³-hybridized carbons (Fsp3) is 0.350. The second kappa shape index (κ2) is 59.6. The molecule has 0 aromatic heterocycles. The monoisotopic (exact) mass is 956 g/mol.